The zero-order valence-electron chi connectivity index (χ0n) is 17.0. The second-order valence-corrected chi connectivity index (χ2v) is 8.64. The number of thiazole rings is 1. The van der Waals surface area contributed by atoms with Gasteiger partial charge >= 0.3 is 0 Å². The molecule has 162 valence electrons. The standard InChI is InChI=1S/C24H19ClN4OS.ClH/c25-20-10-4-11-21-22(20)27-24(31-21)29(14-5-13-28-15-12-26-16-28)23(30)19-9-3-7-17-6-1-2-8-18(17)19;/h1-4,6-12,15-16H,5,13-14H2;1H. The highest BCUT2D eigenvalue weighted by atomic mass is 35.5. The van der Waals surface area contributed by atoms with Crippen LogP contribution >= 0.6 is 35.3 Å². The largest absolute Gasteiger partial charge is 0.337 e. The highest BCUT2D eigenvalue weighted by molar-refractivity contribution is 7.22. The molecular formula is C24H20Cl2N4OS. The van der Waals surface area contributed by atoms with Crippen molar-refractivity contribution in [1.82, 2.24) is 14.5 Å². The maximum atomic E-state index is 13.8. The fourth-order valence-corrected chi connectivity index (χ4v) is 4.98. The van der Waals surface area contributed by atoms with E-state index in [4.69, 9.17) is 16.6 Å². The zero-order chi connectivity index (χ0) is 21.2. The molecule has 0 unspecified atom stereocenters. The fourth-order valence-electron chi connectivity index (χ4n) is 3.69. The fraction of sp³-hybridized carbons (Fsp3) is 0.125. The van der Waals surface area contributed by atoms with Crippen molar-refractivity contribution in [3.05, 3.63) is 90.0 Å². The van der Waals surface area contributed by atoms with Gasteiger partial charge in [0, 0.05) is 31.0 Å². The Morgan fingerprint density at radius 2 is 1.88 bits per heavy atom. The lowest BCUT2D eigenvalue weighted by atomic mass is 10.0. The number of carbonyl (C=O) groups is 1. The number of fused-ring (bicyclic) bond motifs is 2. The van der Waals surface area contributed by atoms with Gasteiger partial charge in [-0.3, -0.25) is 9.69 Å². The molecule has 1 amide bonds. The van der Waals surface area contributed by atoms with Gasteiger partial charge in [-0.2, -0.15) is 0 Å². The molecule has 0 aliphatic rings. The molecule has 0 bridgehead atoms. The first kappa shape index (κ1) is 22.3. The Kier molecular flexibility index (Phi) is 6.74. The minimum absolute atomic E-state index is 0. The maximum absolute atomic E-state index is 13.8. The van der Waals surface area contributed by atoms with E-state index in [0.29, 0.717) is 22.3 Å². The predicted molar refractivity (Wildman–Crippen MR) is 134 cm³/mol. The Balaban J connectivity index is 0.00000245. The lowest BCUT2D eigenvalue weighted by molar-refractivity contribution is 0.0988. The smallest absolute Gasteiger partial charge is 0.260 e. The first-order valence-electron chi connectivity index (χ1n) is 10.0. The summed E-state index contributed by atoms with van der Waals surface area (Å²) < 4.78 is 2.98. The van der Waals surface area contributed by atoms with Crippen LogP contribution < -0.4 is 4.90 Å². The van der Waals surface area contributed by atoms with Crippen LogP contribution in [0.3, 0.4) is 0 Å². The van der Waals surface area contributed by atoms with E-state index < -0.39 is 0 Å². The number of amides is 1. The Bertz CT molecular complexity index is 1360. The number of carbonyl (C=O) groups excluding carboxylic acids is 1. The summed E-state index contributed by atoms with van der Waals surface area (Å²) in [5.74, 6) is -0.0578. The topological polar surface area (TPSA) is 51.0 Å². The van der Waals surface area contributed by atoms with Crippen molar-refractivity contribution in [1.29, 1.82) is 0 Å². The van der Waals surface area contributed by atoms with E-state index in [-0.39, 0.29) is 18.3 Å². The highest BCUT2D eigenvalue weighted by Gasteiger charge is 2.23. The van der Waals surface area contributed by atoms with Crippen LogP contribution in [0.5, 0.6) is 0 Å². The molecule has 5 nitrogen and oxygen atoms in total. The Labute approximate surface area is 200 Å². The van der Waals surface area contributed by atoms with Gasteiger partial charge in [-0.1, -0.05) is 65.4 Å². The third-order valence-electron chi connectivity index (χ3n) is 5.21. The Hall–Kier alpha value is -2.93. The van der Waals surface area contributed by atoms with E-state index in [0.717, 1.165) is 34.0 Å². The Morgan fingerprint density at radius 3 is 2.69 bits per heavy atom. The SMILES string of the molecule is Cl.O=C(c1cccc2ccccc12)N(CCCn1ccnc1)c1nc2c(Cl)cccc2s1. The number of imidazole rings is 1. The minimum atomic E-state index is -0.0578. The van der Waals surface area contributed by atoms with Crippen molar-refractivity contribution in [2.45, 2.75) is 13.0 Å². The number of anilines is 1. The number of aryl methyl sites for hydroxylation is 1. The van der Waals surface area contributed by atoms with Crippen LogP contribution in [0.2, 0.25) is 5.02 Å². The number of rotatable bonds is 6. The van der Waals surface area contributed by atoms with Crippen LogP contribution in [-0.4, -0.2) is 27.0 Å². The molecule has 0 radical (unpaired) electrons. The Morgan fingerprint density at radius 1 is 1.06 bits per heavy atom. The summed E-state index contributed by atoms with van der Waals surface area (Å²) >= 11 is 7.84. The van der Waals surface area contributed by atoms with Crippen molar-refractivity contribution < 1.29 is 4.79 Å². The monoisotopic (exact) mass is 482 g/mol. The van der Waals surface area contributed by atoms with Gasteiger partial charge in [0.05, 0.1) is 16.0 Å². The number of para-hydroxylation sites is 1. The molecule has 5 aromatic rings. The van der Waals surface area contributed by atoms with Crippen LogP contribution in [0.1, 0.15) is 16.8 Å². The van der Waals surface area contributed by atoms with Gasteiger partial charge in [0.2, 0.25) is 0 Å². The van der Waals surface area contributed by atoms with E-state index in [1.54, 1.807) is 17.4 Å². The zero-order valence-corrected chi connectivity index (χ0v) is 19.4. The number of benzene rings is 3. The average molecular weight is 483 g/mol. The molecular weight excluding hydrogens is 463 g/mol. The summed E-state index contributed by atoms with van der Waals surface area (Å²) in [4.78, 5) is 24.3. The second-order valence-electron chi connectivity index (χ2n) is 7.22. The van der Waals surface area contributed by atoms with Crippen molar-refractivity contribution in [2.75, 3.05) is 11.4 Å². The van der Waals surface area contributed by atoms with E-state index in [9.17, 15) is 4.79 Å². The van der Waals surface area contributed by atoms with Crippen LogP contribution in [0.4, 0.5) is 5.13 Å². The molecule has 0 saturated carbocycles. The van der Waals surface area contributed by atoms with Crippen molar-refractivity contribution in [3.8, 4) is 0 Å². The van der Waals surface area contributed by atoms with E-state index >= 15 is 0 Å². The first-order valence-corrected chi connectivity index (χ1v) is 11.2. The summed E-state index contributed by atoms with van der Waals surface area (Å²) in [5, 5.41) is 3.23. The number of aromatic nitrogens is 3. The molecule has 3 aromatic carbocycles. The molecule has 0 aliphatic heterocycles. The van der Waals surface area contributed by atoms with Gasteiger partial charge in [-0.15, -0.1) is 12.4 Å². The number of nitrogens with zero attached hydrogens (tertiary/aromatic N) is 4. The molecule has 32 heavy (non-hydrogen) atoms. The predicted octanol–water partition coefficient (Wildman–Crippen LogP) is 6.46. The maximum Gasteiger partial charge on any atom is 0.260 e. The van der Waals surface area contributed by atoms with Gasteiger partial charge < -0.3 is 4.57 Å². The molecule has 0 saturated heterocycles. The van der Waals surface area contributed by atoms with Gasteiger partial charge in [0.15, 0.2) is 5.13 Å². The normalized spacial score (nSPS) is 10.9. The van der Waals surface area contributed by atoms with E-state index in [1.807, 2.05) is 71.4 Å². The summed E-state index contributed by atoms with van der Waals surface area (Å²) in [6.07, 6.45) is 6.24. The number of hydrogen-bond acceptors (Lipinski definition) is 4. The summed E-state index contributed by atoms with van der Waals surface area (Å²) in [7, 11) is 0. The molecule has 0 spiro atoms. The molecule has 0 fully saturated rings. The van der Waals surface area contributed by atoms with Crippen molar-refractivity contribution in [3.63, 3.8) is 0 Å². The van der Waals surface area contributed by atoms with Crippen molar-refractivity contribution >= 4 is 67.4 Å². The van der Waals surface area contributed by atoms with E-state index in [2.05, 4.69) is 4.98 Å². The lowest BCUT2D eigenvalue weighted by Crippen LogP contribution is -2.32. The quantitative estimate of drug-likeness (QED) is 0.279. The number of hydrogen-bond donors (Lipinski definition) is 0. The van der Waals surface area contributed by atoms with Gasteiger partial charge in [0.25, 0.3) is 5.91 Å². The molecule has 2 heterocycles. The third kappa shape index (κ3) is 4.35. The summed E-state index contributed by atoms with van der Waals surface area (Å²) in [5.41, 5.74) is 1.40. The second kappa shape index (κ2) is 9.69. The first-order chi connectivity index (χ1) is 15.2. The number of halogens is 2. The molecule has 5 rings (SSSR count). The van der Waals surface area contributed by atoms with Gasteiger partial charge in [-0.25, -0.2) is 9.97 Å². The highest BCUT2D eigenvalue weighted by Crippen LogP contribution is 2.34. The molecule has 0 N–H and O–H groups in total. The molecule has 0 atom stereocenters. The van der Waals surface area contributed by atoms with E-state index in [1.165, 1.54) is 11.3 Å². The summed E-state index contributed by atoms with van der Waals surface area (Å²) in [6.45, 7) is 1.31. The molecule has 2 aromatic heterocycles. The lowest BCUT2D eigenvalue weighted by Gasteiger charge is -2.21. The van der Waals surface area contributed by atoms with Crippen LogP contribution in [0, 0.1) is 0 Å². The minimum Gasteiger partial charge on any atom is -0.337 e. The molecule has 0 aliphatic carbocycles. The summed E-state index contributed by atoms with van der Waals surface area (Å²) in [6, 6.07) is 19.5. The van der Waals surface area contributed by atoms with Crippen LogP contribution in [0.15, 0.2) is 79.4 Å². The van der Waals surface area contributed by atoms with Crippen LogP contribution in [0.25, 0.3) is 21.0 Å². The van der Waals surface area contributed by atoms with Gasteiger partial charge in [-0.05, 0) is 35.4 Å². The third-order valence-corrected chi connectivity index (χ3v) is 6.56. The average Bonchev–Trinajstić information content (AvgIpc) is 3.46. The van der Waals surface area contributed by atoms with Gasteiger partial charge in [0.1, 0.15) is 5.52 Å². The van der Waals surface area contributed by atoms with Crippen molar-refractivity contribution in [2.24, 2.45) is 0 Å². The van der Waals surface area contributed by atoms with Crippen LogP contribution in [-0.2, 0) is 6.54 Å². The molecule has 8 heteroatoms.